The van der Waals surface area contributed by atoms with E-state index in [9.17, 15) is 9.18 Å². The maximum Gasteiger partial charge on any atom is 0.227 e. The fourth-order valence-corrected chi connectivity index (χ4v) is 4.14. The third-order valence-electron chi connectivity index (χ3n) is 5.94. The highest BCUT2D eigenvalue weighted by Crippen LogP contribution is 2.25. The molecule has 1 amide bonds. The third kappa shape index (κ3) is 4.66. The number of nitrogens with zero attached hydrogens (tertiary/aromatic N) is 4. The van der Waals surface area contributed by atoms with E-state index in [1.165, 1.54) is 31.4 Å². The minimum atomic E-state index is -0.290. The monoisotopic (exact) mass is 397 g/mol. The molecule has 154 valence electrons. The number of benzene rings is 1. The molecule has 0 aliphatic carbocycles. The molecule has 7 heteroatoms. The molecule has 3 heterocycles. The van der Waals surface area contributed by atoms with Crippen molar-refractivity contribution in [3.63, 3.8) is 0 Å². The molecule has 2 aliphatic rings. The number of aryl methyl sites for hydroxylation is 1. The quantitative estimate of drug-likeness (QED) is 0.851. The zero-order chi connectivity index (χ0) is 20.2. The van der Waals surface area contributed by atoms with E-state index in [1.807, 2.05) is 12.4 Å². The summed E-state index contributed by atoms with van der Waals surface area (Å²) in [6, 6.07) is 4.43. The third-order valence-corrected chi connectivity index (χ3v) is 5.94. The Bertz CT molecular complexity index is 843. The molecule has 1 aromatic heterocycles. The average molecular weight is 397 g/mol. The van der Waals surface area contributed by atoms with Crippen molar-refractivity contribution in [2.75, 3.05) is 41.3 Å². The van der Waals surface area contributed by atoms with E-state index in [2.05, 4.69) is 25.1 Å². The highest BCUT2D eigenvalue weighted by atomic mass is 19.1. The molecule has 0 radical (unpaired) electrons. The second-order valence-electron chi connectivity index (χ2n) is 8.00. The molecule has 1 N–H and O–H groups in total. The summed E-state index contributed by atoms with van der Waals surface area (Å²) in [4.78, 5) is 26.2. The van der Waals surface area contributed by atoms with Gasteiger partial charge in [-0.05, 0) is 62.8 Å². The molecule has 2 saturated heterocycles. The second kappa shape index (κ2) is 8.76. The summed E-state index contributed by atoms with van der Waals surface area (Å²) < 4.78 is 13.2. The zero-order valence-electron chi connectivity index (χ0n) is 16.9. The Morgan fingerprint density at radius 2 is 1.72 bits per heavy atom. The van der Waals surface area contributed by atoms with Gasteiger partial charge in [-0.3, -0.25) is 4.79 Å². The van der Waals surface area contributed by atoms with Crippen LogP contribution in [0.1, 0.15) is 37.7 Å². The Balaban J connectivity index is 1.31. The van der Waals surface area contributed by atoms with Crippen LogP contribution < -0.4 is 15.1 Å². The highest BCUT2D eigenvalue weighted by molar-refractivity contribution is 5.93. The molecule has 1 aromatic carbocycles. The van der Waals surface area contributed by atoms with E-state index < -0.39 is 0 Å². The number of anilines is 3. The zero-order valence-corrected chi connectivity index (χ0v) is 16.9. The van der Waals surface area contributed by atoms with Crippen LogP contribution in [0.25, 0.3) is 0 Å². The van der Waals surface area contributed by atoms with Crippen LogP contribution in [-0.4, -0.2) is 42.1 Å². The maximum absolute atomic E-state index is 13.2. The lowest BCUT2D eigenvalue weighted by Gasteiger charge is -2.33. The van der Waals surface area contributed by atoms with Gasteiger partial charge < -0.3 is 15.1 Å². The van der Waals surface area contributed by atoms with Crippen molar-refractivity contribution in [3.05, 3.63) is 42.0 Å². The Kier molecular flexibility index (Phi) is 5.92. The smallest absolute Gasteiger partial charge is 0.227 e. The van der Waals surface area contributed by atoms with Gasteiger partial charge >= 0.3 is 0 Å². The number of carbonyl (C=O) groups is 1. The summed E-state index contributed by atoms with van der Waals surface area (Å²) in [7, 11) is 0. The first kappa shape index (κ1) is 19.6. The van der Waals surface area contributed by atoms with Gasteiger partial charge in [-0.2, -0.15) is 0 Å². The predicted molar refractivity (Wildman–Crippen MR) is 113 cm³/mol. The lowest BCUT2D eigenvalue weighted by molar-refractivity contribution is -0.120. The van der Waals surface area contributed by atoms with Crippen LogP contribution in [0.4, 0.5) is 21.7 Å². The SMILES string of the molecule is Cc1cc(F)ccc1NC(=O)C1CCN(c2cnc(N3CCCCC3)nc2)CC1. The normalized spacial score (nSPS) is 18.0. The Morgan fingerprint density at radius 1 is 1.03 bits per heavy atom. The van der Waals surface area contributed by atoms with Gasteiger partial charge in [0.1, 0.15) is 5.82 Å². The van der Waals surface area contributed by atoms with Crippen LogP contribution >= 0.6 is 0 Å². The van der Waals surface area contributed by atoms with Crippen molar-refractivity contribution in [3.8, 4) is 0 Å². The average Bonchev–Trinajstić information content (AvgIpc) is 2.76. The molecule has 2 aliphatic heterocycles. The van der Waals surface area contributed by atoms with Gasteiger partial charge in [0.2, 0.25) is 11.9 Å². The summed E-state index contributed by atoms with van der Waals surface area (Å²) in [5.41, 5.74) is 2.43. The van der Waals surface area contributed by atoms with Crippen LogP contribution in [0.15, 0.2) is 30.6 Å². The molecule has 0 bridgehead atoms. The Morgan fingerprint density at radius 3 is 2.38 bits per heavy atom. The molecule has 6 nitrogen and oxygen atoms in total. The number of amides is 1. The molecular weight excluding hydrogens is 369 g/mol. The van der Waals surface area contributed by atoms with Gasteiger partial charge in [0, 0.05) is 37.8 Å². The summed E-state index contributed by atoms with van der Waals surface area (Å²) >= 11 is 0. The second-order valence-corrected chi connectivity index (χ2v) is 8.00. The molecule has 0 unspecified atom stereocenters. The summed E-state index contributed by atoms with van der Waals surface area (Å²) in [5, 5.41) is 2.95. The lowest BCUT2D eigenvalue weighted by Crippen LogP contribution is -2.38. The number of aromatic nitrogens is 2. The minimum absolute atomic E-state index is 0.0102. The van der Waals surface area contributed by atoms with Gasteiger partial charge in [-0.25, -0.2) is 14.4 Å². The Labute approximate surface area is 171 Å². The number of hydrogen-bond donors (Lipinski definition) is 1. The van der Waals surface area contributed by atoms with Gasteiger partial charge in [-0.1, -0.05) is 0 Å². The van der Waals surface area contributed by atoms with Crippen molar-refractivity contribution < 1.29 is 9.18 Å². The lowest BCUT2D eigenvalue weighted by atomic mass is 9.95. The first-order chi connectivity index (χ1) is 14.1. The van der Waals surface area contributed by atoms with Crippen LogP contribution in [0.3, 0.4) is 0 Å². The van der Waals surface area contributed by atoms with E-state index in [4.69, 9.17) is 0 Å². The summed E-state index contributed by atoms with van der Waals surface area (Å²) in [6.07, 6.45) is 9.06. The van der Waals surface area contributed by atoms with Gasteiger partial charge in [0.25, 0.3) is 0 Å². The topological polar surface area (TPSA) is 61.4 Å². The highest BCUT2D eigenvalue weighted by Gasteiger charge is 2.26. The van der Waals surface area contributed by atoms with Crippen molar-refractivity contribution in [1.82, 2.24) is 9.97 Å². The predicted octanol–water partition coefficient (Wildman–Crippen LogP) is 3.77. The molecule has 29 heavy (non-hydrogen) atoms. The fourth-order valence-electron chi connectivity index (χ4n) is 4.14. The number of halogens is 1. The Hall–Kier alpha value is -2.70. The van der Waals surface area contributed by atoms with Crippen molar-refractivity contribution in [2.45, 2.75) is 39.0 Å². The summed E-state index contributed by atoms with van der Waals surface area (Å²) in [5.74, 6) is 0.500. The van der Waals surface area contributed by atoms with E-state index >= 15 is 0 Å². The molecule has 2 aromatic rings. The number of rotatable bonds is 4. The maximum atomic E-state index is 13.2. The van der Waals surface area contributed by atoms with Crippen molar-refractivity contribution >= 4 is 23.2 Å². The van der Waals surface area contributed by atoms with Gasteiger partial charge in [-0.15, -0.1) is 0 Å². The van der Waals surface area contributed by atoms with E-state index in [0.29, 0.717) is 5.69 Å². The minimum Gasteiger partial charge on any atom is -0.369 e. The van der Waals surface area contributed by atoms with Crippen LogP contribution in [0, 0.1) is 18.7 Å². The first-order valence-electron chi connectivity index (χ1n) is 10.5. The van der Waals surface area contributed by atoms with Crippen LogP contribution in [0.5, 0.6) is 0 Å². The number of hydrogen-bond acceptors (Lipinski definition) is 5. The number of piperidine rings is 2. The van der Waals surface area contributed by atoms with E-state index in [-0.39, 0.29) is 17.6 Å². The molecular formula is C22H28FN5O. The van der Waals surface area contributed by atoms with Gasteiger partial charge in [0.15, 0.2) is 0 Å². The van der Waals surface area contributed by atoms with Crippen LogP contribution in [-0.2, 0) is 4.79 Å². The molecule has 0 spiro atoms. The van der Waals surface area contributed by atoms with E-state index in [1.54, 1.807) is 13.0 Å². The number of carbonyl (C=O) groups excluding carboxylic acids is 1. The van der Waals surface area contributed by atoms with Crippen molar-refractivity contribution in [1.29, 1.82) is 0 Å². The van der Waals surface area contributed by atoms with Crippen molar-refractivity contribution in [2.24, 2.45) is 5.92 Å². The molecule has 2 fully saturated rings. The standard InChI is InChI=1S/C22H28FN5O/c1-16-13-18(23)5-6-20(16)26-21(29)17-7-11-27(12-8-17)19-14-24-22(25-15-19)28-9-3-2-4-10-28/h5-6,13-15,17H,2-4,7-12H2,1H3,(H,26,29). The molecule has 4 rings (SSSR count). The molecule has 0 atom stereocenters. The first-order valence-corrected chi connectivity index (χ1v) is 10.5. The van der Waals surface area contributed by atoms with Gasteiger partial charge in [0.05, 0.1) is 18.1 Å². The summed E-state index contributed by atoms with van der Waals surface area (Å²) in [6.45, 7) is 5.47. The number of nitrogens with one attached hydrogen (secondary N) is 1. The largest absolute Gasteiger partial charge is 0.369 e. The van der Waals surface area contributed by atoms with E-state index in [0.717, 1.165) is 56.2 Å². The van der Waals surface area contributed by atoms with Crippen LogP contribution in [0.2, 0.25) is 0 Å². The fraction of sp³-hybridized carbons (Fsp3) is 0.500. The molecule has 0 saturated carbocycles.